The molecule has 0 bridgehead atoms. The summed E-state index contributed by atoms with van der Waals surface area (Å²) < 4.78 is 39.8. The molecule has 2 saturated heterocycles. The Morgan fingerprint density at radius 1 is 1.06 bits per heavy atom. The number of hydrogen-bond acceptors (Lipinski definition) is 7. The van der Waals surface area contributed by atoms with Gasteiger partial charge in [-0.05, 0) is 59.9 Å². The predicted molar refractivity (Wildman–Crippen MR) is 162 cm³/mol. The van der Waals surface area contributed by atoms with E-state index in [1.165, 1.54) is 0 Å². The van der Waals surface area contributed by atoms with Crippen molar-refractivity contribution in [3.05, 3.63) is 87.6 Å². The number of piperazine rings is 1. The molecule has 2 aromatic carbocycles. The van der Waals surface area contributed by atoms with Gasteiger partial charge in [0.1, 0.15) is 24.0 Å². The van der Waals surface area contributed by atoms with Gasteiger partial charge >= 0.3 is 6.09 Å². The summed E-state index contributed by atoms with van der Waals surface area (Å²) in [7, 11) is 0. The Hall–Kier alpha value is -4.66. The fourth-order valence-corrected chi connectivity index (χ4v) is 7.35. The summed E-state index contributed by atoms with van der Waals surface area (Å²) in [4.78, 5) is 59.7. The van der Waals surface area contributed by atoms with Crippen LogP contribution in [0.25, 0.3) is 0 Å². The van der Waals surface area contributed by atoms with Gasteiger partial charge in [0.05, 0.1) is 48.6 Å². The molecule has 244 valence electrons. The van der Waals surface area contributed by atoms with Crippen molar-refractivity contribution in [2.45, 2.75) is 29.8 Å². The Labute approximate surface area is 271 Å². The summed E-state index contributed by atoms with van der Waals surface area (Å²) >= 11 is 6.61. The Morgan fingerprint density at radius 2 is 1.74 bits per heavy atom. The van der Waals surface area contributed by atoms with Gasteiger partial charge in [-0.3, -0.25) is 19.3 Å². The van der Waals surface area contributed by atoms with Crippen molar-refractivity contribution in [3.63, 3.8) is 0 Å². The van der Waals surface area contributed by atoms with Gasteiger partial charge in [-0.1, -0.05) is 17.7 Å². The van der Waals surface area contributed by atoms with Gasteiger partial charge in [0, 0.05) is 24.4 Å². The highest BCUT2D eigenvalue weighted by Gasteiger charge is 2.56. The van der Waals surface area contributed by atoms with E-state index in [4.69, 9.17) is 21.1 Å². The van der Waals surface area contributed by atoms with Crippen molar-refractivity contribution in [2.24, 2.45) is 0 Å². The van der Waals surface area contributed by atoms with Crippen LogP contribution < -0.4 is 10.6 Å². The van der Waals surface area contributed by atoms with Crippen molar-refractivity contribution in [1.29, 1.82) is 0 Å². The zero-order chi connectivity index (χ0) is 33.1. The average molecular weight is 668 g/mol. The molecule has 2 unspecified atom stereocenters. The minimum atomic E-state index is -1.84. The van der Waals surface area contributed by atoms with Crippen LogP contribution in [0, 0.1) is 11.6 Å². The number of fused-ring (bicyclic) bond motifs is 3. The van der Waals surface area contributed by atoms with Crippen molar-refractivity contribution in [1.82, 2.24) is 14.8 Å². The summed E-state index contributed by atoms with van der Waals surface area (Å²) in [6, 6.07) is 8.40. The summed E-state index contributed by atoms with van der Waals surface area (Å²) in [5, 5.41) is 15.9. The van der Waals surface area contributed by atoms with Crippen molar-refractivity contribution in [3.8, 4) is 0 Å². The Morgan fingerprint density at radius 3 is 2.43 bits per heavy atom. The highest BCUT2D eigenvalue weighted by atomic mass is 35.5. The van der Waals surface area contributed by atoms with E-state index in [1.807, 2.05) is 6.07 Å². The van der Waals surface area contributed by atoms with E-state index >= 15 is 0 Å². The van der Waals surface area contributed by atoms with E-state index in [-0.39, 0.29) is 48.6 Å². The van der Waals surface area contributed by atoms with Crippen LogP contribution in [0.4, 0.5) is 25.1 Å². The second-order valence-corrected chi connectivity index (χ2v) is 12.5. The third-order valence-corrected chi connectivity index (χ3v) is 9.63. The quantitative estimate of drug-likeness (QED) is 0.384. The number of ether oxygens (including phenoxy) is 2. The van der Waals surface area contributed by atoms with Gasteiger partial charge < -0.3 is 30.1 Å². The molecule has 4 amide bonds. The molecule has 2 spiro atoms. The summed E-state index contributed by atoms with van der Waals surface area (Å²) in [5.41, 5.74) is -0.0900. The number of benzene rings is 2. The van der Waals surface area contributed by atoms with Crippen LogP contribution in [0.1, 0.15) is 28.3 Å². The number of aromatic nitrogens is 1. The van der Waals surface area contributed by atoms with Crippen molar-refractivity contribution >= 4 is 46.9 Å². The Bertz CT molecular complexity index is 1810. The zero-order valence-corrected chi connectivity index (χ0v) is 25.5. The first-order chi connectivity index (χ1) is 22.5. The molecular formula is C32H28ClF2N5O7. The van der Waals surface area contributed by atoms with Gasteiger partial charge in [0.2, 0.25) is 11.8 Å². The van der Waals surface area contributed by atoms with E-state index in [9.17, 15) is 33.1 Å². The van der Waals surface area contributed by atoms with Crippen LogP contribution in [-0.2, 0) is 42.1 Å². The molecule has 15 heteroatoms. The first kappa shape index (κ1) is 31.0. The molecule has 47 heavy (non-hydrogen) atoms. The molecule has 3 aromatic rings. The number of nitrogens with zero attached hydrogens (tertiary/aromatic N) is 3. The smallest absolute Gasteiger partial charge is 0.408 e. The molecule has 12 nitrogen and oxygen atoms in total. The number of carbonyl (C=O) groups is 4. The number of carboxylic acid groups (broad SMARTS) is 1. The molecule has 3 aliphatic heterocycles. The number of carbonyl (C=O) groups excluding carboxylic acids is 3. The van der Waals surface area contributed by atoms with Gasteiger partial charge in [0.15, 0.2) is 5.54 Å². The van der Waals surface area contributed by atoms with Gasteiger partial charge in [0.25, 0.3) is 5.91 Å². The molecule has 1 aromatic heterocycles. The van der Waals surface area contributed by atoms with Gasteiger partial charge in [-0.15, -0.1) is 0 Å². The number of amides is 4. The normalized spacial score (nSPS) is 23.0. The number of halogens is 3. The minimum Gasteiger partial charge on any atom is -0.465 e. The van der Waals surface area contributed by atoms with Crippen LogP contribution >= 0.6 is 11.6 Å². The molecular weight excluding hydrogens is 640 g/mol. The maximum atomic E-state index is 14.3. The number of nitrogens with one attached hydrogen (secondary N) is 2. The molecule has 4 aliphatic rings. The first-order valence-electron chi connectivity index (χ1n) is 14.8. The maximum absolute atomic E-state index is 14.3. The monoisotopic (exact) mass is 667 g/mol. The average Bonchev–Trinajstić information content (AvgIpc) is 3.39. The molecule has 7 rings (SSSR count). The minimum absolute atomic E-state index is 0.0364. The molecule has 0 saturated carbocycles. The van der Waals surface area contributed by atoms with Gasteiger partial charge in [-0.2, -0.15) is 0 Å². The topological polar surface area (TPSA) is 150 Å². The molecule has 4 heterocycles. The fourth-order valence-electron chi connectivity index (χ4n) is 7.12. The standard InChI is InChI=1S/C32H28ClF2N5O7/c33-23-8-18-11-31(22-2-1-3-36-27(22)38-28(31)42)12-19(18)9-24(23)37-26(41)14-39-25(17-6-20(34)10-21(35)7-17)13-40(30(44)45)32(29(39)43)15-46-4-5-47-16-32/h1-3,6-10,25H,4-5,11-16H2,(H,37,41)(H,44,45)(H,36,38,42). The summed E-state index contributed by atoms with van der Waals surface area (Å²) in [5.74, 6) is -3.05. The van der Waals surface area contributed by atoms with Crippen LogP contribution in [0.3, 0.4) is 0 Å². The lowest BCUT2D eigenvalue weighted by Gasteiger charge is -2.50. The number of anilines is 2. The summed E-state index contributed by atoms with van der Waals surface area (Å²) in [6.07, 6.45) is 0.874. The largest absolute Gasteiger partial charge is 0.465 e. The highest BCUT2D eigenvalue weighted by molar-refractivity contribution is 6.34. The van der Waals surface area contributed by atoms with Crippen molar-refractivity contribution < 1.29 is 42.5 Å². The molecule has 1 aliphatic carbocycles. The molecule has 2 atom stereocenters. The fraction of sp³-hybridized carbons (Fsp3) is 0.344. The lowest BCUT2D eigenvalue weighted by molar-refractivity contribution is -0.163. The predicted octanol–water partition coefficient (Wildman–Crippen LogP) is 3.29. The van der Waals surface area contributed by atoms with E-state index < -0.39 is 59.6 Å². The van der Waals surface area contributed by atoms with E-state index in [0.29, 0.717) is 24.7 Å². The number of pyridine rings is 1. The molecule has 2 fully saturated rings. The van der Waals surface area contributed by atoms with Gasteiger partial charge in [-0.25, -0.2) is 18.6 Å². The van der Waals surface area contributed by atoms with E-state index in [2.05, 4.69) is 15.6 Å². The van der Waals surface area contributed by atoms with E-state index in [1.54, 1.807) is 24.4 Å². The highest BCUT2D eigenvalue weighted by Crippen LogP contribution is 2.48. The van der Waals surface area contributed by atoms with E-state index in [0.717, 1.165) is 38.6 Å². The third-order valence-electron chi connectivity index (χ3n) is 9.31. The first-order valence-corrected chi connectivity index (χ1v) is 15.2. The summed E-state index contributed by atoms with van der Waals surface area (Å²) in [6.45, 7) is -1.48. The lowest BCUT2D eigenvalue weighted by Crippen LogP contribution is -2.71. The SMILES string of the molecule is O=C(CN1C(=O)C2(COCCOC2)N(C(=O)O)CC1c1cc(F)cc(F)c1)Nc1cc2c(cc1Cl)CC1(C2)C(=O)Nc2ncccc21. The molecule has 0 radical (unpaired) electrons. The Kier molecular flexibility index (Phi) is 7.61. The van der Waals surface area contributed by atoms with Crippen LogP contribution in [0.2, 0.25) is 5.02 Å². The third kappa shape index (κ3) is 5.16. The molecule has 3 N–H and O–H groups in total. The van der Waals surface area contributed by atoms with Crippen LogP contribution in [0.15, 0.2) is 48.7 Å². The number of rotatable bonds is 4. The van der Waals surface area contributed by atoms with Crippen LogP contribution in [0.5, 0.6) is 0 Å². The second-order valence-electron chi connectivity index (χ2n) is 12.1. The maximum Gasteiger partial charge on any atom is 0.408 e. The second kappa shape index (κ2) is 11.5. The number of hydrogen-bond donors (Lipinski definition) is 3. The van der Waals surface area contributed by atoms with Crippen LogP contribution in [-0.4, -0.2) is 88.8 Å². The zero-order valence-electron chi connectivity index (χ0n) is 24.7. The Balaban J connectivity index is 1.19. The van der Waals surface area contributed by atoms with Crippen molar-refractivity contribution in [2.75, 3.05) is 50.2 Å². The lowest BCUT2D eigenvalue weighted by atomic mass is 9.79.